The molecule has 2 bridgehead atoms. The van der Waals surface area contributed by atoms with Crippen molar-refractivity contribution in [1.29, 1.82) is 0 Å². The highest BCUT2D eigenvalue weighted by atomic mass is 15.1. The SMILES string of the molecule is CC(C)(C)Nc1ccc(CNC23CNCCNCC(N)(CNCCNC2)CNCCNC3)cc1. The van der Waals surface area contributed by atoms with E-state index < -0.39 is 0 Å². The van der Waals surface area contributed by atoms with Gasteiger partial charge in [0.2, 0.25) is 0 Å². The molecular formula is C25H49N9. The molecule has 10 N–H and O–H groups in total. The molecule has 0 saturated carbocycles. The largest absolute Gasteiger partial charge is 0.380 e. The van der Waals surface area contributed by atoms with Crippen LogP contribution in [0.3, 0.4) is 0 Å². The molecule has 0 radical (unpaired) electrons. The summed E-state index contributed by atoms with van der Waals surface area (Å²) in [7, 11) is 0. The van der Waals surface area contributed by atoms with Gasteiger partial charge in [0.1, 0.15) is 0 Å². The van der Waals surface area contributed by atoms with Gasteiger partial charge >= 0.3 is 0 Å². The molecule has 0 spiro atoms. The first-order chi connectivity index (χ1) is 16.3. The standard InChI is InChI=1S/C25H49N9/c1-23(2,3)34-22-6-4-21(5-7-22)14-33-25-18-30-11-8-27-15-24(26,16-28-9-12-31-19-25)17-29-10-13-32-20-25/h4-7,27-34H,8-20,26H2,1-3H3. The Labute approximate surface area is 206 Å². The summed E-state index contributed by atoms with van der Waals surface area (Å²) in [6.45, 7) is 17.8. The van der Waals surface area contributed by atoms with Crippen molar-refractivity contribution in [1.82, 2.24) is 37.2 Å². The molecule has 9 heteroatoms. The minimum Gasteiger partial charge on any atom is -0.380 e. The number of rotatable bonds is 4. The van der Waals surface area contributed by atoms with E-state index in [1.165, 1.54) is 5.56 Å². The first kappa shape index (κ1) is 27.3. The van der Waals surface area contributed by atoms with Gasteiger partial charge in [-0.15, -0.1) is 0 Å². The van der Waals surface area contributed by atoms with Gasteiger partial charge in [-0.3, -0.25) is 0 Å². The van der Waals surface area contributed by atoms with E-state index in [2.05, 4.69) is 87.6 Å². The van der Waals surface area contributed by atoms with Crippen LogP contribution in [0.15, 0.2) is 24.3 Å². The topological polar surface area (TPSA) is 122 Å². The van der Waals surface area contributed by atoms with E-state index in [-0.39, 0.29) is 16.6 Å². The fourth-order valence-electron chi connectivity index (χ4n) is 4.52. The van der Waals surface area contributed by atoms with Gasteiger partial charge in [-0.05, 0) is 38.5 Å². The van der Waals surface area contributed by atoms with Crippen LogP contribution in [0.1, 0.15) is 26.3 Å². The van der Waals surface area contributed by atoms with E-state index in [1.807, 2.05) is 0 Å². The molecule has 1 aromatic rings. The summed E-state index contributed by atoms with van der Waals surface area (Å²) in [5.74, 6) is 0. The van der Waals surface area contributed by atoms with Crippen LogP contribution in [0, 0.1) is 0 Å². The Morgan fingerprint density at radius 2 is 1.12 bits per heavy atom. The highest BCUT2D eigenvalue weighted by Gasteiger charge is 2.30. The van der Waals surface area contributed by atoms with Crippen molar-refractivity contribution in [3.8, 4) is 0 Å². The molecule has 0 atom stereocenters. The summed E-state index contributed by atoms with van der Waals surface area (Å²) in [5, 5.41) is 29.2. The Balaban J connectivity index is 1.67. The molecule has 0 amide bonds. The van der Waals surface area contributed by atoms with Crippen molar-refractivity contribution in [2.24, 2.45) is 5.73 Å². The third-order valence-corrected chi connectivity index (χ3v) is 6.40. The third kappa shape index (κ3) is 9.75. The van der Waals surface area contributed by atoms with E-state index in [9.17, 15) is 0 Å². The van der Waals surface area contributed by atoms with Gasteiger partial charge in [-0.25, -0.2) is 0 Å². The van der Waals surface area contributed by atoms with Crippen molar-refractivity contribution in [3.05, 3.63) is 29.8 Å². The van der Waals surface area contributed by atoms with Crippen LogP contribution < -0.4 is 48.3 Å². The number of nitrogens with two attached hydrogens (primary N) is 1. The van der Waals surface area contributed by atoms with E-state index in [0.29, 0.717) is 0 Å². The molecule has 3 aliphatic rings. The number of hydrogen-bond donors (Lipinski definition) is 9. The van der Waals surface area contributed by atoms with Gasteiger partial charge in [-0.1, -0.05) is 12.1 Å². The van der Waals surface area contributed by atoms with Crippen LogP contribution in [0.25, 0.3) is 0 Å². The smallest absolute Gasteiger partial charge is 0.0561 e. The van der Waals surface area contributed by atoms with Crippen LogP contribution in [0.2, 0.25) is 0 Å². The van der Waals surface area contributed by atoms with Gasteiger partial charge in [-0.2, -0.15) is 0 Å². The summed E-state index contributed by atoms with van der Waals surface area (Å²) < 4.78 is 0. The Bertz CT molecular complexity index is 658. The second-order valence-corrected chi connectivity index (χ2v) is 11.1. The zero-order valence-corrected chi connectivity index (χ0v) is 21.6. The summed E-state index contributed by atoms with van der Waals surface area (Å²) >= 11 is 0. The normalized spacial score (nSPS) is 28.7. The van der Waals surface area contributed by atoms with Gasteiger partial charge < -0.3 is 48.3 Å². The average Bonchev–Trinajstić information content (AvgIpc) is 2.78. The van der Waals surface area contributed by atoms with Crippen LogP contribution in [0.4, 0.5) is 5.69 Å². The van der Waals surface area contributed by atoms with E-state index >= 15 is 0 Å². The predicted octanol–water partition coefficient (Wildman–Crippen LogP) is -1.01. The molecule has 4 rings (SSSR count). The molecule has 0 aliphatic carbocycles. The molecule has 194 valence electrons. The lowest BCUT2D eigenvalue weighted by molar-refractivity contribution is 0.269. The number of fused-ring (bicyclic) bond motifs is 15. The maximum atomic E-state index is 6.69. The Morgan fingerprint density at radius 3 is 1.53 bits per heavy atom. The quantitative estimate of drug-likeness (QED) is 0.270. The molecule has 9 nitrogen and oxygen atoms in total. The first-order valence-electron chi connectivity index (χ1n) is 12.9. The molecule has 34 heavy (non-hydrogen) atoms. The van der Waals surface area contributed by atoms with Crippen LogP contribution >= 0.6 is 0 Å². The van der Waals surface area contributed by atoms with Crippen molar-refractivity contribution in [2.75, 3.05) is 83.9 Å². The van der Waals surface area contributed by atoms with Crippen LogP contribution in [-0.4, -0.2) is 95.2 Å². The van der Waals surface area contributed by atoms with Gasteiger partial charge in [0.15, 0.2) is 0 Å². The Morgan fingerprint density at radius 1 is 0.706 bits per heavy atom. The van der Waals surface area contributed by atoms with Crippen molar-refractivity contribution >= 4 is 5.69 Å². The molecule has 3 saturated heterocycles. The first-order valence-corrected chi connectivity index (χ1v) is 12.9. The second-order valence-electron chi connectivity index (χ2n) is 11.1. The van der Waals surface area contributed by atoms with Gasteiger partial charge in [0.05, 0.1) is 11.1 Å². The fourth-order valence-corrected chi connectivity index (χ4v) is 4.52. The maximum Gasteiger partial charge on any atom is 0.0561 e. The average molecular weight is 476 g/mol. The highest BCUT2D eigenvalue weighted by Crippen LogP contribution is 2.16. The number of anilines is 1. The molecular weight excluding hydrogens is 426 g/mol. The third-order valence-electron chi connectivity index (χ3n) is 6.40. The van der Waals surface area contributed by atoms with Gasteiger partial charge in [0, 0.05) is 96.3 Å². The summed E-state index contributed by atoms with van der Waals surface area (Å²) in [4.78, 5) is 0. The lowest BCUT2D eigenvalue weighted by atomic mass is 9.97. The number of benzene rings is 1. The zero-order valence-electron chi connectivity index (χ0n) is 21.6. The monoisotopic (exact) mass is 475 g/mol. The lowest BCUT2D eigenvalue weighted by Gasteiger charge is -2.38. The number of nitrogens with one attached hydrogen (secondary N) is 8. The minimum absolute atomic E-state index is 0.0586. The molecule has 3 aliphatic heterocycles. The Kier molecular flexibility index (Phi) is 10.5. The molecule has 1 aromatic carbocycles. The van der Waals surface area contributed by atoms with E-state index in [4.69, 9.17) is 5.73 Å². The summed E-state index contributed by atoms with van der Waals surface area (Å²) in [5.41, 5.74) is 8.80. The van der Waals surface area contributed by atoms with Crippen LogP contribution in [-0.2, 0) is 6.54 Å². The molecule has 3 fully saturated rings. The Hall–Kier alpha value is -1.30. The molecule has 3 heterocycles. The van der Waals surface area contributed by atoms with Crippen molar-refractivity contribution < 1.29 is 0 Å². The van der Waals surface area contributed by atoms with Crippen LogP contribution in [0.5, 0.6) is 0 Å². The fraction of sp³-hybridized carbons (Fsp3) is 0.760. The molecule has 0 unspecified atom stereocenters. The number of hydrogen-bond acceptors (Lipinski definition) is 9. The van der Waals surface area contributed by atoms with E-state index in [1.54, 1.807) is 0 Å². The maximum absolute atomic E-state index is 6.69. The van der Waals surface area contributed by atoms with Crippen molar-refractivity contribution in [2.45, 2.75) is 43.9 Å². The zero-order chi connectivity index (χ0) is 24.3. The van der Waals surface area contributed by atoms with Gasteiger partial charge in [0.25, 0.3) is 0 Å². The summed E-state index contributed by atoms with van der Waals surface area (Å²) in [6, 6.07) is 8.79. The van der Waals surface area contributed by atoms with Crippen molar-refractivity contribution in [3.63, 3.8) is 0 Å². The van der Waals surface area contributed by atoms with E-state index in [0.717, 1.165) is 90.8 Å². The highest BCUT2D eigenvalue weighted by molar-refractivity contribution is 5.46. The second kappa shape index (κ2) is 13.1. The minimum atomic E-state index is -0.294. The molecule has 0 aromatic heterocycles. The lowest BCUT2D eigenvalue weighted by Crippen LogP contribution is -2.66. The predicted molar refractivity (Wildman–Crippen MR) is 144 cm³/mol. The summed E-state index contributed by atoms with van der Waals surface area (Å²) in [6.07, 6.45) is 0.